The lowest BCUT2D eigenvalue weighted by molar-refractivity contribution is 0.302. The Labute approximate surface area is 122 Å². The summed E-state index contributed by atoms with van der Waals surface area (Å²) < 4.78 is 32.6. The zero-order valence-corrected chi connectivity index (χ0v) is 11.6. The highest BCUT2D eigenvalue weighted by molar-refractivity contribution is 5.32. The van der Waals surface area contributed by atoms with E-state index in [1.54, 1.807) is 6.07 Å². The molecule has 110 valence electrons. The van der Waals surface area contributed by atoms with Crippen molar-refractivity contribution in [3.63, 3.8) is 0 Å². The van der Waals surface area contributed by atoms with Gasteiger partial charge in [-0.1, -0.05) is 24.3 Å². The van der Waals surface area contributed by atoms with E-state index in [2.05, 4.69) is 0 Å². The third-order valence-corrected chi connectivity index (χ3v) is 3.58. The Morgan fingerprint density at radius 2 is 1.90 bits per heavy atom. The summed E-state index contributed by atoms with van der Waals surface area (Å²) in [6, 6.07) is 11.3. The maximum absolute atomic E-state index is 13.7. The predicted molar refractivity (Wildman–Crippen MR) is 77.1 cm³/mol. The molecule has 0 radical (unpaired) electrons. The van der Waals surface area contributed by atoms with Crippen molar-refractivity contribution in [3.05, 3.63) is 65.2 Å². The van der Waals surface area contributed by atoms with Crippen LogP contribution in [-0.2, 0) is 6.42 Å². The highest BCUT2D eigenvalue weighted by Crippen LogP contribution is 2.28. The largest absolute Gasteiger partial charge is 0.490 e. The van der Waals surface area contributed by atoms with Gasteiger partial charge >= 0.3 is 0 Å². The molecule has 21 heavy (non-hydrogen) atoms. The van der Waals surface area contributed by atoms with Gasteiger partial charge < -0.3 is 10.5 Å². The monoisotopic (exact) mass is 289 g/mol. The van der Waals surface area contributed by atoms with Crippen LogP contribution in [0.5, 0.6) is 5.75 Å². The molecular formula is C17H17F2NO. The second-order valence-corrected chi connectivity index (χ2v) is 5.41. The van der Waals surface area contributed by atoms with E-state index in [9.17, 15) is 8.78 Å². The number of halogens is 2. The van der Waals surface area contributed by atoms with Crippen molar-refractivity contribution >= 4 is 0 Å². The lowest BCUT2D eigenvalue weighted by atomic mass is 9.99. The molecule has 1 aliphatic carbocycles. The zero-order valence-electron chi connectivity index (χ0n) is 11.6. The Bertz CT molecular complexity index is 640. The molecule has 0 bridgehead atoms. The van der Waals surface area contributed by atoms with Crippen LogP contribution in [0, 0.1) is 11.6 Å². The second-order valence-electron chi connectivity index (χ2n) is 5.41. The first kappa shape index (κ1) is 14.0. The molecule has 0 saturated heterocycles. The zero-order chi connectivity index (χ0) is 14.8. The van der Waals surface area contributed by atoms with Crippen LogP contribution < -0.4 is 10.5 Å². The Morgan fingerprint density at radius 3 is 2.67 bits per heavy atom. The molecule has 1 fully saturated rings. The topological polar surface area (TPSA) is 35.2 Å². The van der Waals surface area contributed by atoms with Gasteiger partial charge in [0.2, 0.25) is 0 Å². The van der Waals surface area contributed by atoms with E-state index in [0.29, 0.717) is 6.10 Å². The van der Waals surface area contributed by atoms with Gasteiger partial charge in [0.15, 0.2) is 11.6 Å². The standard InChI is InChI=1S/C17H17F2NO/c18-15-6-2-4-12(17(15)19)10-16(20)11-3-1-5-14(9-11)21-13-7-8-13/h1-6,9,13,16H,7-8,10,20H2. The molecule has 1 aliphatic rings. The smallest absolute Gasteiger partial charge is 0.162 e. The van der Waals surface area contributed by atoms with Gasteiger partial charge in [0.25, 0.3) is 0 Å². The summed E-state index contributed by atoms with van der Waals surface area (Å²) in [5, 5.41) is 0. The van der Waals surface area contributed by atoms with Crippen LogP contribution in [0.4, 0.5) is 8.78 Å². The average Bonchev–Trinajstić information content (AvgIpc) is 3.28. The summed E-state index contributed by atoms with van der Waals surface area (Å²) >= 11 is 0. The Balaban J connectivity index is 1.75. The van der Waals surface area contributed by atoms with Crippen molar-refractivity contribution in [2.75, 3.05) is 0 Å². The van der Waals surface area contributed by atoms with Crippen molar-refractivity contribution in [1.82, 2.24) is 0 Å². The van der Waals surface area contributed by atoms with E-state index < -0.39 is 17.7 Å². The van der Waals surface area contributed by atoms with Crippen LogP contribution >= 0.6 is 0 Å². The first-order valence-corrected chi connectivity index (χ1v) is 7.08. The molecule has 0 heterocycles. The number of rotatable bonds is 5. The molecule has 0 amide bonds. The molecular weight excluding hydrogens is 272 g/mol. The van der Waals surface area contributed by atoms with Gasteiger partial charge in [-0.05, 0) is 48.6 Å². The van der Waals surface area contributed by atoms with Crippen molar-refractivity contribution in [3.8, 4) is 5.75 Å². The average molecular weight is 289 g/mol. The fraction of sp³-hybridized carbons (Fsp3) is 0.294. The van der Waals surface area contributed by atoms with Gasteiger partial charge in [-0.2, -0.15) is 0 Å². The van der Waals surface area contributed by atoms with Gasteiger partial charge in [-0.3, -0.25) is 0 Å². The summed E-state index contributed by atoms with van der Waals surface area (Å²) in [5.74, 6) is -0.881. The highest BCUT2D eigenvalue weighted by atomic mass is 19.2. The molecule has 0 aliphatic heterocycles. The molecule has 2 N–H and O–H groups in total. The summed E-state index contributed by atoms with van der Waals surface area (Å²) in [7, 11) is 0. The maximum atomic E-state index is 13.7. The van der Waals surface area contributed by atoms with Crippen molar-refractivity contribution in [2.24, 2.45) is 5.73 Å². The minimum atomic E-state index is -0.842. The lowest BCUT2D eigenvalue weighted by Gasteiger charge is -2.14. The van der Waals surface area contributed by atoms with E-state index >= 15 is 0 Å². The first-order chi connectivity index (χ1) is 10.1. The quantitative estimate of drug-likeness (QED) is 0.910. The first-order valence-electron chi connectivity index (χ1n) is 7.08. The highest BCUT2D eigenvalue weighted by Gasteiger charge is 2.23. The molecule has 2 nitrogen and oxygen atoms in total. The molecule has 0 spiro atoms. The van der Waals surface area contributed by atoms with Crippen molar-refractivity contribution < 1.29 is 13.5 Å². The fourth-order valence-electron chi connectivity index (χ4n) is 2.26. The lowest BCUT2D eigenvalue weighted by Crippen LogP contribution is -2.14. The van der Waals surface area contributed by atoms with Crippen LogP contribution in [0.2, 0.25) is 0 Å². The molecule has 1 unspecified atom stereocenters. The third kappa shape index (κ3) is 3.39. The van der Waals surface area contributed by atoms with Crippen LogP contribution in [-0.4, -0.2) is 6.10 Å². The molecule has 2 aromatic carbocycles. The normalized spacial score (nSPS) is 15.8. The number of ether oxygens (including phenoxy) is 1. The Kier molecular flexibility index (Phi) is 3.88. The van der Waals surface area contributed by atoms with Gasteiger partial charge in [0.1, 0.15) is 5.75 Å². The number of hydrogen-bond acceptors (Lipinski definition) is 2. The Hall–Kier alpha value is -1.94. The summed E-state index contributed by atoms with van der Waals surface area (Å²) in [6.07, 6.45) is 2.74. The minimum absolute atomic E-state index is 0.247. The van der Waals surface area contributed by atoms with Gasteiger partial charge in [-0.25, -0.2) is 8.78 Å². The number of benzene rings is 2. The van der Waals surface area contributed by atoms with E-state index in [4.69, 9.17) is 10.5 Å². The molecule has 1 atom stereocenters. The summed E-state index contributed by atoms with van der Waals surface area (Å²) in [6.45, 7) is 0. The fourth-order valence-corrected chi connectivity index (χ4v) is 2.26. The van der Waals surface area contributed by atoms with Gasteiger partial charge in [0.05, 0.1) is 6.10 Å². The minimum Gasteiger partial charge on any atom is -0.490 e. The van der Waals surface area contributed by atoms with Crippen LogP contribution in [0.25, 0.3) is 0 Å². The SMILES string of the molecule is NC(Cc1cccc(F)c1F)c1cccc(OC2CC2)c1. The Morgan fingerprint density at radius 1 is 1.14 bits per heavy atom. The number of hydrogen-bond donors (Lipinski definition) is 1. The van der Waals surface area contributed by atoms with Crippen LogP contribution in [0.3, 0.4) is 0 Å². The van der Waals surface area contributed by atoms with Crippen molar-refractivity contribution in [2.45, 2.75) is 31.4 Å². The second kappa shape index (κ2) is 5.82. The van der Waals surface area contributed by atoms with Gasteiger partial charge in [0, 0.05) is 6.04 Å². The number of nitrogens with two attached hydrogens (primary N) is 1. The third-order valence-electron chi connectivity index (χ3n) is 3.58. The van der Waals surface area contributed by atoms with E-state index in [1.807, 2.05) is 24.3 Å². The summed E-state index contributed by atoms with van der Waals surface area (Å²) in [4.78, 5) is 0. The molecule has 4 heteroatoms. The van der Waals surface area contributed by atoms with Crippen LogP contribution in [0.1, 0.15) is 30.0 Å². The van der Waals surface area contributed by atoms with E-state index in [0.717, 1.165) is 30.2 Å². The van der Waals surface area contributed by atoms with Crippen molar-refractivity contribution in [1.29, 1.82) is 0 Å². The van der Waals surface area contributed by atoms with E-state index in [-0.39, 0.29) is 12.0 Å². The predicted octanol–water partition coefficient (Wildman–Crippen LogP) is 3.75. The summed E-state index contributed by atoms with van der Waals surface area (Å²) in [5.41, 5.74) is 7.26. The molecule has 1 saturated carbocycles. The molecule has 0 aromatic heterocycles. The van der Waals surface area contributed by atoms with Gasteiger partial charge in [-0.15, -0.1) is 0 Å². The molecule has 3 rings (SSSR count). The van der Waals surface area contributed by atoms with Crippen LogP contribution in [0.15, 0.2) is 42.5 Å². The van der Waals surface area contributed by atoms with E-state index in [1.165, 1.54) is 6.07 Å². The molecule has 2 aromatic rings. The maximum Gasteiger partial charge on any atom is 0.162 e.